The number of hydrogen-bond donors (Lipinski definition) is 1. The molecule has 4 heteroatoms. The Balaban J connectivity index is 1.64. The van der Waals surface area contributed by atoms with Crippen LogP contribution in [0.3, 0.4) is 0 Å². The molecule has 2 fully saturated rings. The minimum absolute atomic E-state index is 0.438. The lowest BCUT2D eigenvalue weighted by Crippen LogP contribution is -2.49. The van der Waals surface area contributed by atoms with E-state index in [1.54, 1.807) is 7.11 Å². The molecule has 0 amide bonds. The Morgan fingerprint density at radius 2 is 1.95 bits per heavy atom. The average molecular weight is 270 g/mol. The van der Waals surface area contributed by atoms with Crippen LogP contribution in [-0.2, 0) is 9.47 Å². The second kappa shape index (κ2) is 8.20. The number of methoxy groups -OCH3 is 1. The Labute approximate surface area is 117 Å². The molecular formula is C15H30N2O2. The van der Waals surface area contributed by atoms with Crippen molar-refractivity contribution in [2.75, 3.05) is 53.1 Å². The van der Waals surface area contributed by atoms with E-state index in [-0.39, 0.29) is 0 Å². The van der Waals surface area contributed by atoms with Crippen molar-refractivity contribution in [1.82, 2.24) is 10.2 Å². The summed E-state index contributed by atoms with van der Waals surface area (Å²) in [6, 6.07) is 0. The van der Waals surface area contributed by atoms with Crippen molar-refractivity contribution in [3.63, 3.8) is 0 Å². The highest BCUT2D eigenvalue weighted by Gasteiger charge is 2.35. The fourth-order valence-electron chi connectivity index (χ4n) is 3.43. The minimum Gasteiger partial charge on any atom is -0.382 e. The molecule has 0 atom stereocenters. The lowest BCUT2D eigenvalue weighted by molar-refractivity contribution is 0.0642. The van der Waals surface area contributed by atoms with Crippen LogP contribution in [0, 0.1) is 0 Å². The summed E-state index contributed by atoms with van der Waals surface area (Å²) in [5.74, 6) is 0. The van der Waals surface area contributed by atoms with E-state index in [9.17, 15) is 0 Å². The summed E-state index contributed by atoms with van der Waals surface area (Å²) in [6.45, 7) is 7.15. The standard InChI is InChI=1S/C15H30N2O2/c1-18-12-13-19-11-5-10-17-9-4-8-16-15(14-17)6-2-3-7-15/h16H,2-14H2,1H3. The fourth-order valence-corrected chi connectivity index (χ4v) is 3.43. The average Bonchev–Trinajstić information content (AvgIpc) is 2.76. The molecule has 112 valence electrons. The van der Waals surface area contributed by atoms with E-state index in [2.05, 4.69) is 10.2 Å². The number of rotatable bonds is 7. The minimum atomic E-state index is 0.438. The third kappa shape index (κ3) is 5.03. The van der Waals surface area contributed by atoms with Crippen molar-refractivity contribution >= 4 is 0 Å². The summed E-state index contributed by atoms with van der Waals surface area (Å²) in [6.07, 6.45) is 7.97. The van der Waals surface area contributed by atoms with E-state index >= 15 is 0 Å². The first-order valence-corrected chi connectivity index (χ1v) is 7.89. The molecule has 19 heavy (non-hydrogen) atoms. The molecule has 0 unspecified atom stereocenters. The molecule has 0 aromatic carbocycles. The van der Waals surface area contributed by atoms with E-state index in [0.29, 0.717) is 12.1 Å². The molecule has 0 aromatic rings. The molecule has 1 N–H and O–H groups in total. The smallest absolute Gasteiger partial charge is 0.0700 e. The highest BCUT2D eigenvalue weighted by atomic mass is 16.5. The van der Waals surface area contributed by atoms with E-state index in [0.717, 1.165) is 19.6 Å². The zero-order valence-electron chi connectivity index (χ0n) is 12.5. The molecule has 1 aliphatic heterocycles. The zero-order chi connectivity index (χ0) is 13.4. The molecule has 0 radical (unpaired) electrons. The Morgan fingerprint density at radius 1 is 1.11 bits per heavy atom. The second-order valence-electron chi connectivity index (χ2n) is 6.00. The van der Waals surface area contributed by atoms with Gasteiger partial charge in [0.15, 0.2) is 0 Å². The van der Waals surface area contributed by atoms with Crippen LogP contribution < -0.4 is 5.32 Å². The van der Waals surface area contributed by atoms with Crippen molar-refractivity contribution in [1.29, 1.82) is 0 Å². The molecule has 1 heterocycles. The van der Waals surface area contributed by atoms with Crippen LogP contribution >= 0.6 is 0 Å². The second-order valence-corrected chi connectivity index (χ2v) is 6.00. The van der Waals surface area contributed by atoms with E-state index in [1.165, 1.54) is 58.3 Å². The van der Waals surface area contributed by atoms with E-state index in [4.69, 9.17) is 9.47 Å². The highest BCUT2D eigenvalue weighted by Crippen LogP contribution is 2.31. The Morgan fingerprint density at radius 3 is 2.74 bits per heavy atom. The highest BCUT2D eigenvalue weighted by molar-refractivity contribution is 4.96. The molecule has 1 aliphatic carbocycles. The zero-order valence-corrected chi connectivity index (χ0v) is 12.5. The lowest BCUT2D eigenvalue weighted by Gasteiger charge is -2.33. The third-order valence-electron chi connectivity index (χ3n) is 4.43. The van der Waals surface area contributed by atoms with Gasteiger partial charge in [0.05, 0.1) is 13.2 Å². The Kier molecular flexibility index (Phi) is 6.57. The SMILES string of the molecule is COCCOCCCN1CCCNC2(CCCC2)C1. The number of nitrogens with one attached hydrogen (secondary N) is 1. The van der Waals surface area contributed by atoms with Gasteiger partial charge in [-0.05, 0) is 38.8 Å². The van der Waals surface area contributed by atoms with Gasteiger partial charge in [-0.15, -0.1) is 0 Å². The first-order valence-electron chi connectivity index (χ1n) is 7.89. The van der Waals surface area contributed by atoms with Gasteiger partial charge in [0, 0.05) is 32.3 Å². The molecule has 2 aliphatic rings. The molecular weight excluding hydrogens is 240 g/mol. The Bertz CT molecular complexity index is 242. The van der Waals surface area contributed by atoms with E-state index < -0.39 is 0 Å². The van der Waals surface area contributed by atoms with Gasteiger partial charge in [0.2, 0.25) is 0 Å². The summed E-state index contributed by atoms with van der Waals surface area (Å²) in [5.41, 5.74) is 0.438. The predicted molar refractivity (Wildman–Crippen MR) is 77.6 cm³/mol. The summed E-state index contributed by atoms with van der Waals surface area (Å²) in [4.78, 5) is 2.64. The largest absolute Gasteiger partial charge is 0.382 e. The quantitative estimate of drug-likeness (QED) is 0.713. The van der Waals surface area contributed by atoms with Gasteiger partial charge in [0.1, 0.15) is 0 Å². The molecule has 1 spiro atoms. The Hall–Kier alpha value is -0.160. The van der Waals surface area contributed by atoms with Gasteiger partial charge in [-0.2, -0.15) is 0 Å². The van der Waals surface area contributed by atoms with Crippen LogP contribution in [0.25, 0.3) is 0 Å². The van der Waals surface area contributed by atoms with Crippen LogP contribution in [0.4, 0.5) is 0 Å². The maximum atomic E-state index is 5.55. The van der Waals surface area contributed by atoms with Gasteiger partial charge in [-0.25, -0.2) is 0 Å². The third-order valence-corrected chi connectivity index (χ3v) is 4.43. The first-order chi connectivity index (χ1) is 9.35. The van der Waals surface area contributed by atoms with Crippen LogP contribution in [0.15, 0.2) is 0 Å². The summed E-state index contributed by atoms with van der Waals surface area (Å²) in [5, 5.41) is 3.82. The maximum absolute atomic E-state index is 5.55. The number of hydrogen-bond acceptors (Lipinski definition) is 4. The van der Waals surface area contributed by atoms with Gasteiger partial charge >= 0.3 is 0 Å². The number of ether oxygens (including phenoxy) is 2. The van der Waals surface area contributed by atoms with Crippen LogP contribution in [0.2, 0.25) is 0 Å². The van der Waals surface area contributed by atoms with Crippen molar-refractivity contribution in [3.8, 4) is 0 Å². The maximum Gasteiger partial charge on any atom is 0.0700 e. The van der Waals surface area contributed by atoms with Gasteiger partial charge in [-0.1, -0.05) is 12.8 Å². The normalized spacial score (nSPS) is 23.8. The topological polar surface area (TPSA) is 33.7 Å². The van der Waals surface area contributed by atoms with Crippen molar-refractivity contribution in [2.45, 2.75) is 44.1 Å². The van der Waals surface area contributed by atoms with Crippen molar-refractivity contribution in [2.24, 2.45) is 0 Å². The lowest BCUT2D eigenvalue weighted by atomic mass is 9.97. The first kappa shape index (κ1) is 15.2. The van der Waals surface area contributed by atoms with E-state index in [1.807, 2.05) is 0 Å². The molecule has 0 bridgehead atoms. The molecule has 1 saturated heterocycles. The van der Waals surface area contributed by atoms with Crippen LogP contribution in [0.5, 0.6) is 0 Å². The van der Waals surface area contributed by atoms with Crippen LogP contribution in [0.1, 0.15) is 38.5 Å². The molecule has 0 aromatic heterocycles. The summed E-state index contributed by atoms with van der Waals surface area (Å²) in [7, 11) is 1.72. The molecule has 4 nitrogen and oxygen atoms in total. The van der Waals surface area contributed by atoms with Crippen LogP contribution in [-0.4, -0.2) is 63.5 Å². The van der Waals surface area contributed by atoms with Gasteiger partial charge < -0.3 is 19.7 Å². The predicted octanol–water partition coefficient (Wildman–Crippen LogP) is 1.65. The van der Waals surface area contributed by atoms with Gasteiger partial charge in [0.25, 0.3) is 0 Å². The molecule has 1 saturated carbocycles. The summed E-state index contributed by atoms with van der Waals surface area (Å²) >= 11 is 0. The van der Waals surface area contributed by atoms with Crippen molar-refractivity contribution < 1.29 is 9.47 Å². The fraction of sp³-hybridized carbons (Fsp3) is 1.00. The monoisotopic (exact) mass is 270 g/mol. The number of nitrogens with zero attached hydrogens (tertiary/aromatic N) is 1. The summed E-state index contributed by atoms with van der Waals surface area (Å²) < 4.78 is 10.5. The molecule has 2 rings (SSSR count). The van der Waals surface area contributed by atoms with Crippen molar-refractivity contribution in [3.05, 3.63) is 0 Å². The van der Waals surface area contributed by atoms with Gasteiger partial charge in [-0.3, -0.25) is 0 Å².